The number of rotatable bonds is 4. The molecular formula is C17H26N6. The molecule has 0 amide bonds. The molecule has 2 fully saturated rings. The molecule has 0 spiro atoms. The van der Waals surface area contributed by atoms with Gasteiger partial charge in [0.25, 0.3) is 0 Å². The highest BCUT2D eigenvalue weighted by atomic mass is 15.4. The Hall–Kier alpha value is -1.66. The van der Waals surface area contributed by atoms with Gasteiger partial charge in [-0.25, -0.2) is 4.68 Å². The van der Waals surface area contributed by atoms with E-state index in [9.17, 15) is 0 Å². The minimum atomic E-state index is 0.934. The van der Waals surface area contributed by atoms with E-state index in [1.807, 2.05) is 0 Å². The van der Waals surface area contributed by atoms with Crippen molar-refractivity contribution in [1.82, 2.24) is 25.2 Å². The topological polar surface area (TPSA) is 49.2 Å². The first-order valence-electron chi connectivity index (χ1n) is 8.91. The summed E-state index contributed by atoms with van der Waals surface area (Å²) in [7, 11) is 0. The Balaban J connectivity index is 1.46. The molecular weight excluding hydrogens is 288 g/mol. The van der Waals surface area contributed by atoms with Crippen LogP contribution in [-0.2, 0) is 6.54 Å². The van der Waals surface area contributed by atoms with Gasteiger partial charge in [0.15, 0.2) is 0 Å². The number of nitrogens with zero attached hydrogens (tertiary/aromatic N) is 5. The van der Waals surface area contributed by atoms with Crippen LogP contribution in [0, 0.1) is 0 Å². The fraction of sp³-hybridized carbons (Fsp3) is 0.647. The smallest absolute Gasteiger partial charge is 0.115 e. The van der Waals surface area contributed by atoms with Crippen LogP contribution < -0.4 is 10.2 Å². The zero-order chi connectivity index (χ0) is 15.5. The van der Waals surface area contributed by atoms with Crippen LogP contribution in [0.15, 0.2) is 18.2 Å². The van der Waals surface area contributed by atoms with Gasteiger partial charge in [-0.3, -0.25) is 0 Å². The number of piperazine rings is 1. The SMILES string of the molecule is c1cc2c(cc1N1CCNCC1)nnn2CCN1CCCCC1. The van der Waals surface area contributed by atoms with Gasteiger partial charge in [0.05, 0.1) is 12.1 Å². The molecule has 0 radical (unpaired) electrons. The molecule has 0 saturated carbocycles. The second kappa shape index (κ2) is 6.84. The number of nitrogens with one attached hydrogen (secondary N) is 1. The third-order valence-corrected chi connectivity index (χ3v) is 5.06. The van der Waals surface area contributed by atoms with Crippen molar-refractivity contribution in [1.29, 1.82) is 0 Å². The number of aromatic nitrogens is 3. The maximum Gasteiger partial charge on any atom is 0.115 e. The summed E-state index contributed by atoms with van der Waals surface area (Å²) in [5.74, 6) is 0. The summed E-state index contributed by atoms with van der Waals surface area (Å²) in [6.07, 6.45) is 4.07. The molecule has 23 heavy (non-hydrogen) atoms. The standard InChI is InChI=1S/C17H26N6/c1-2-8-21(9-3-1)12-13-23-17-5-4-15(14-16(17)19-20-23)22-10-6-18-7-11-22/h4-5,14,18H,1-3,6-13H2. The van der Waals surface area contributed by atoms with Crippen molar-refractivity contribution in [3.8, 4) is 0 Å². The van der Waals surface area contributed by atoms with Crippen LogP contribution in [-0.4, -0.2) is 65.7 Å². The molecule has 1 N–H and O–H groups in total. The number of benzene rings is 1. The molecule has 0 atom stereocenters. The predicted octanol–water partition coefficient (Wildman–Crippen LogP) is 1.33. The van der Waals surface area contributed by atoms with Gasteiger partial charge in [-0.05, 0) is 44.1 Å². The molecule has 6 nitrogen and oxygen atoms in total. The zero-order valence-corrected chi connectivity index (χ0v) is 13.7. The molecule has 2 aromatic rings. The fourth-order valence-corrected chi connectivity index (χ4v) is 3.66. The molecule has 124 valence electrons. The fourth-order valence-electron chi connectivity index (χ4n) is 3.66. The van der Waals surface area contributed by atoms with E-state index >= 15 is 0 Å². The number of likely N-dealkylation sites (tertiary alicyclic amines) is 1. The normalized spacial score (nSPS) is 20.3. The Morgan fingerprint density at radius 2 is 1.78 bits per heavy atom. The van der Waals surface area contributed by atoms with Gasteiger partial charge in [0, 0.05) is 38.4 Å². The van der Waals surface area contributed by atoms with Gasteiger partial charge in [-0.2, -0.15) is 0 Å². The van der Waals surface area contributed by atoms with Crippen molar-refractivity contribution in [3.05, 3.63) is 18.2 Å². The van der Waals surface area contributed by atoms with Crippen molar-refractivity contribution >= 4 is 16.7 Å². The first-order chi connectivity index (χ1) is 11.4. The van der Waals surface area contributed by atoms with Crippen LogP contribution >= 0.6 is 0 Å². The Kier molecular flexibility index (Phi) is 4.43. The minimum absolute atomic E-state index is 0.934. The van der Waals surface area contributed by atoms with Crippen LogP contribution in [0.25, 0.3) is 11.0 Å². The van der Waals surface area contributed by atoms with E-state index in [-0.39, 0.29) is 0 Å². The Bertz CT molecular complexity index is 640. The van der Waals surface area contributed by atoms with Crippen molar-refractivity contribution in [2.75, 3.05) is 50.7 Å². The summed E-state index contributed by atoms with van der Waals surface area (Å²) in [4.78, 5) is 4.97. The predicted molar refractivity (Wildman–Crippen MR) is 92.9 cm³/mol. The average Bonchev–Trinajstić information content (AvgIpc) is 3.04. The van der Waals surface area contributed by atoms with E-state index < -0.39 is 0 Å². The van der Waals surface area contributed by atoms with Crippen LogP contribution in [0.3, 0.4) is 0 Å². The minimum Gasteiger partial charge on any atom is -0.369 e. The number of hydrogen-bond donors (Lipinski definition) is 1. The second-order valence-corrected chi connectivity index (χ2v) is 6.62. The molecule has 3 heterocycles. The Morgan fingerprint density at radius 1 is 0.957 bits per heavy atom. The summed E-state index contributed by atoms with van der Waals surface area (Å²) in [6.45, 7) is 8.73. The Labute approximate surface area is 137 Å². The summed E-state index contributed by atoms with van der Waals surface area (Å²) in [5.41, 5.74) is 3.43. The summed E-state index contributed by atoms with van der Waals surface area (Å²) >= 11 is 0. The van der Waals surface area contributed by atoms with Crippen LogP contribution in [0.4, 0.5) is 5.69 Å². The van der Waals surface area contributed by atoms with Gasteiger partial charge >= 0.3 is 0 Å². The van der Waals surface area contributed by atoms with Crippen molar-refractivity contribution in [2.45, 2.75) is 25.8 Å². The molecule has 0 aliphatic carbocycles. The molecule has 0 unspecified atom stereocenters. The summed E-state index contributed by atoms with van der Waals surface area (Å²) in [6, 6.07) is 6.59. The summed E-state index contributed by atoms with van der Waals surface area (Å²) in [5, 5.41) is 12.2. The highest BCUT2D eigenvalue weighted by Crippen LogP contribution is 2.21. The Morgan fingerprint density at radius 3 is 2.61 bits per heavy atom. The lowest BCUT2D eigenvalue weighted by atomic mass is 10.1. The molecule has 1 aromatic carbocycles. The van der Waals surface area contributed by atoms with Gasteiger partial charge in [0.1, 0.15) is 5.52 Å². The lowest BCUT2D eigenvalue weighted by Gasteiger charge is -2.29. The maximum absolute atomic E-state index is 4.39. The van der Waals surface area contributed by atoms with E-state index in [0.717, 1.165) is 50.3 Å². The van der Waals surface area contributed by atoms with Crippen LogP contribution in [0.1, 0.15) is 19.3 Å². The van der Waals surface area contributed by atoms with Crippen LogP contribution in [0.5, 0.6) is 0 Å². The molecule has 2 saturated heterocycles. The number of piperidine rings is 1. The molecule has 2 aliphatic heterocycles. The quantitative estimate of drug-likeness (QED) is 0.922. The van der Waals surface area contributed by atoms with Crippen molar-refractivity contribution in [2.24, 2.45) is 0 Å². The lowest BCUT2D eigenvalue weighted by Crippen LogP contribution is -2.43. The summed E-state index contributed by atoms with van der Waals surface area (Å²) < 4.78 is 2.06. The second-order valence-electron chi connectivity index (χ2n) is 6.62. The lowest BCUT2D eigenvalue weighted by molar-refractivity contribution is 0.218. The van der Waals surface area contributed by atoms with Crippen molar-refractivity contribution < 1.29 is 0 Å². The first-order valence-corrected chi connectivity index (χ1v) is 8.91. The first kappa shape index (κ1) is 14.9. The number of fused-ring (bicyclic) bond motifs is 1. The monoisotopic (exact) mass is 314 g/mol. The van der Waals surface area contributed by atoms with Gasteiger partial charge in [-0.1, -0.05) is 11.6 Å². The molecule has 4 rings (SSSR count). The zero-order valence-electron chi connectivity index (χ0n) is 13.7. The number of hydrogen-bond acceptors (Lipinski definition) is 5. The maximum atomic E-state index is 4.39. The van der Waals surface area contributed by atoms with E-state index in [1.54, 1.807) is 0 Å². The van der Waals surface area contributed by atoms with Gasteiger partial charge < -0.3 is 15.1 Å². The molecule has 6 heteroatoms. The molecule has 0 bridgehead atoms. The molecule has 2 aliphatic rings. The van der Waals surface area contributed by atoms with E-state index in [0.29, 0.717) is 0 Å². The van der Waals surface area contributed by atoms with Crippen molar-refractivity contribution in [3.63, 3.8) is 0 Å². The third kappa shape index (κ3) is 3.33. The van der Waals surface area contributed by atoms with Gasteiger partial charge in [0.2, 0.25) is 0 Å². The number of anilines is 1. The highest BCUT2D eigenvalue weighted by Gasteiger charge is 2.14. The van der Waals surface area contributed by atoms with E-state index in [2.05, 4.69) is 48.3 Å². The third-order valence-electron chi connectivity index (χ3n) is 5.06. The van der Waals surface area contributed by atoms with E-state index in [1.165, 1.54) is 38.0 Å². The van der Waals surface area contributed by atoms with Crippen LogP contribution in [0.2, 0.25) is 0 Å². The largest absolute Gasteiger partial charge is 0.369 e. The van der Waals surface area contributed by atoms with E-state index in [4.69, 9.17) is 0 Å². The molecule has 1 aromatic heterocycles. The average molecular weight is 314 g/mol. The highest BCUT2D eigenvalue weighted by molar-refractivity contribution is 5.79. The van der Waals surface area contributed by atoms with Gasteiger partial charge in [-0.15, -0.1) is 5.10 Å².